The van der Waals surface area contributed by atoms with Gasteiger partial charge in [0.05, 0.1) is 12.8 Å². The summed E-state index contributed by atoms with van der Waals surface area (Å²) in [5, 5.41) is 11.4. The van der Waals surface area contributed by atoms with Gasteiger partial charge in [0.15, 0.2) is 6.04 Å². The number of carbonyl (C=O) groups is 1. The van der Waals surface area contributed by atoms with Crippen molar-refractivity contribution in [2.45, 2.75) is 25.9 Å². The van der Waals surface area contributed by atoms with E-state index in [1.807, 2.05) is 24.3 Å². The molecular formula is C21H22N4O5. The van der Waals surface area contributed by atoms with Crippen LogP contribution in [-0.4, -0.2) is 44.5 Å². The summed E-state index contributed by atoms with van der Waals surface area (Å²) in [5.41, 5.74) is 0.118. The molecule has 1 atom stereocenters. The minimum absolute atomic E-state index is 0.00248. The van der Waals surface area contributed by atoms with Crippen molar-refractivity contribution in [3.8, 4) is 5.88 Å². The molecule has 9 heteroatoms. The number of H-pyrrole nitrogens is 2. The van der Waals surface area contributed by atoms with E-state index < -0.39 is 29.1 Å². The summed E-state index contributed by atoms with van der Waals surface area (Å²) in [6, 6.07) is 6.68. The van der Waals surface area contributed by atoms with Crippen LogP contribution in [0.3, 0.4) is 0 Å². The van der Waals surface area contributed by atoms with Gasteiger partial charge in [-0.3, -0.25) is 19.3 Å². The highest BCUT2D eigenvalue weighted by Crippen LogP contribution is 2.21. The van der Waals surface area contributed by atoms with Crippen LogP contribution in [0.1, 0.15) is 18.1 Å². The fraction of sp³-hybridized carbons (Fsp3) is 0.238. The third-order valence-corrected chi connectivity index (χ3v) is 4.76. The number of aromatic hydroxyl groups is 1. The molecule has 0 saturated carbocycles. The summed E-state index contributed by atoms with van der Waals surface area (Å²) in [5.74, 6) is -1.13. The molecule has 0 aliphatic heterocycles. The number of hydrogen-bond acceptors (Lipinski definition) is 6. The van der Waals surface area contributed by atoms with Gasteiger partial charge >= 0.3 is 11.7 Å². The summed E-state index contributed by atoms with van der Waals surface area (Å²) < 4.78 is 5.83. The quantitative estimate of drug-likeness (QED) is 0.309. The average molecular weight is 410 g/mol. The predicted molar refractivity (Wildman–Crippen MR) is 113 cm³/mol. The highest BCUT2D eigenvalue weighted by Gasteiger charge is 2.23. The average Bonchev–Trinajstić information content (AvgIpc) is 3.12. The molecule has 3 rings (SSSR count). The number of hydrogen-bond donors (Lipinski definition) is 3. The fourth-order valence-electron chi connectivity index (χ4n) is 3.31. The number of aromatic amines is 2. The second-order valence-corrected chi connectivity index (χ2v) is 6.67. The first-order chi connectivity index (χ1) is 14.4. The fourth-order valence-corrected chi connectivity index (χ4v) is 3.31. The Morgan fingerprint density at radius 2 is 2.10 bits per heavy atom. The maximum atomic E-state index is 12.4. The predicted octanol–water partition coefficient (Wildman–Crippen LogP) is 1.50. The zero-order valence-electron chi connectivity index (χ0n) is 16.6. The third-order valence-electron chi connectivity index (χ3n) is 4.76. The number of nitrogens with zero attached hydrogens (tertiary/aromatic N) is 2. The lowest BCUT2D eigenvalue weighted by Gasteiger charge is -2.13. The molecule has 0 amide bonds. The number of esters is 1. The molecule has 3 N–H and O–H groups in total. The number of para-hydroxylation sites is 1. The SMILES string of the molecule is C=CCn1c(O)c(C(C)=N[C@@H](Cc2c[nH]c3ccccc23)C(=O)OC)c(=O)[nH]c1=O. The number of methoxy groups -OCH3 is 1. The molecule has 2 aromatic heterocycles. The second kappa shape index (κ2) is 8.64. The highest BCUT2D eigenvalue weighted by molar-refractivity contribution is 6.01. The van der Waals surface area contributed by atoms with E-state index in [9.17, 15) is 19.5 Å². The summed E-state index contributed by atoms with van der Waals surface area (Å²) in [4.78, 5) is 46.3. The van der Waals surface area contributed by atoms with Crippen LogP contribution in [0.2, 0.25) is 0 Å². The third kappa shape index (κ3) is 3.95. The molecule has 2 heterocycles. The second-order valence-electron chi connectivity index (χ2n) is 6.67. The lowest BCUT2D eigenvalue weighted by Crippen LogP contribution is -2.34. The maximum absolute atomic E-state index is 12.4. The number of nitrogens with one attached hydrogen (secondary N) is 2. The van der Waals surface area contributed by atoms with E-state index in [1.54, 1.807) is 6.20 Å². The Kier molecular flexibility index (Phi) is 6.01. The molecule has 0 saturated heterocycles. The van der Waals surface area contributed by atoms with Gasteiger partial charge in [-0.25, -0.2) is 9.59 Å². The van der Waals surface area contributed by atoms with Crippen LogP contribution in [-0.2, 0) is 22.5 Å². The highest BCUT2D eigenvalue weighted by atomic mass is 16.5. The van der Waals surface area contributed by atoms with Crippen molar-refractivity contribution >= 4 is 22.6 Å². The molecule has 0 bridgehead atoms. The van der Waals surface area contributed by atoms with Crippen molar-refractivity contribution in [2.75, 3.05) is 7.11 Å². The molecule has 0 radical (unpaired) electrons. The molecule has 9 nitrogen and oxygen atoms in total. The van der Waals surface area contributed by atoms with Crippen molar-refractivity contribution < 1.29 is 14.6 Å². The van der Waals surface area contributed by atoms with E-state index in [0.717, 1.165) is 21.0 Å². The monoisotopic (exact) mass is 410 g/mol. The van der Waals surface area contributed by atoms with E-state index >= 15 is 0 Å². The van der Waals surface area contributed by atoms with Crippen LogP contribution in [0.25, 0.3) is 10.9 Å². The van der Waals surface area contributed by atoms with Gasteiger partial charge in [-0.1, -0.05) is 24.3 Å². The molecule has 0 spiro atoms. The van der Waals surface area contributed by atoms with Crippen LogP contribution in [0.15, 0.2) is 57.7 Å². The first-order valence-corrected chi connectivity index (χ1v) is 9.22. The minimum atomic E-state index is -0.951. The van der Waals surface area contributed by atoms with Gasteiger partial charge in [-0.15, -0.1) is 6.58 Å². The van der Waals surface area contributed by atoms with Crippen molar-refractivity contribution in [3.05, 3.63) is 75.1 Å². The van der Waals surface area contributed by atoms with E-state index in [0.29, 0.717) is 0 Å². The number of aliphatic imine (C=N–C) groups is 1. The summed E-state index contributed by atoms with van der Waals surface area (Å²) in [6.07, 6.45) is 3.42. The molecular weight excluding hydrogens is 388 g/mol. The van der Waals surface area contributed by atoms with Crippen LogP contribution >= 0.6 is 0 Å². The molecule has 0 fully saturated rings. The van der Waals surface area contributed by atoms with Crippen molar-refractivity contribution in [3.63, 3.8) is 0 Å². The number of aromatic nitrogens is 3. The van der Waals surface area contributed by atoms with E-state index in [1.165, 1.54) is 20.1 Å². The molecule has 156 valence electrons. The molecule has 0 aliphatic carbocycles. The normalized spacial score (nSPS) is 12.7. The summed E-state index contributed by atoms with van der Waals surface area (Å²) >= 11 is 0. The van der Waals surface area contributed by atoms with Crippen molar-refractivity contribution in [1.29, 1.82) is 0 Å². The maximum Gasteiger partial charge on any atom is 0.331 e. The van der Waals surface area contributed by atoms with Gasteiger partial charge in [0.25, 0.3) is 5.56 Å². The Hall–Kier alpha value is -3.88. The van der Waals surface area contributed by atoms with Gasteiger partial charge in [0.1, 0.15) is 5.56 Å². The van der Waals surface area contributed by atoms with Gasteiger partial charge < -0.3 is 14.8 Å². The van der Waals surface area contributed by atoms with E-state index in [-0.39, 0.29) is 24.2 Å². The molecule has 3 aromatic rings. The minimum Gasteiger partial charge on any atom is -0.494 e. The number of allylic oxidation sites excluding steroid dienone is 1. The Morgan fingerprint density at radius 3 is 2.80 bits per heavy atom. The number of ether oxygens (including phenoxy) is 1. The van der Waals surface area contributed by atoms with Crippen LogP contribution in [0, 0.1) is 0 Å². The topological polar surface area (TPSA) is 130 Å². The molecule has 0 unspecified atom stereocenters. The summed E-state index contributed by atoms with van der Waals surface area (Å²) in [6.45, 7) is 5.01. The number of rotatable bonds is 7. The standard InChI is InChI=1S/C21H22N4O5/c1-4-9-25-19(27)17(18(26)24-21(25)29)12(2)23-16(20(28)30-3)10-13-11-22-15-8-6-5-7-14(13)15/h4-8,11,16,22,27H,1,9-10H2,2-3H3,(H,24,26,29)/t16-/m0/s1. The lowest BCUT2D eigenvalue weighted by molar-refractivity contribution is -0.142. The number of fused-ring (bicyclic) bond motifs is 1. The van der Waals surface area contributed by atoms with Crippen molar-refractivity contribution in [1.82, 2.24) is 14.5 Å². The molecule has 0 aliphatic rings. The van der Waals surface area contributed by atoms with Crippen LogP contribution in [0.4, 0.5) is 0 Å². The van der Waals surface area contributed by atoms with Crippen LogP contribution < -0.4 is 11.2 Å². The smallest absolute Gasteiger partial charge is 0.331 e. The van der Waals surface area contributed by atoms with E-state index in [4.69, 9.17) is 4.74 Å². The first kappa shape index (κ1) is 20.8. The van der Waals surface area contributed by atoms with Gasteiger partial charge in [0, 0.05) is 30.1 Å². The zero-order chi connectivity index (χ0) is 21.8. The molecule has 30 heavy (non-hydrogen) atoms. The molecule has 1 aromatic carbocycles. The van der Waals surface area contributed by atoms with Gasteiger partial charge in [0.2, 0.25) is 5.88 Å². The number of benzene rings is 1. The lowest BCUT2D eigenvalue weighted by atomic mass is 10.0. The van der Waals surface area contributed by atoms with Crippen LogP contribution in [0.5, 0.6) is 5.88 Å². The first-order valence-electron chi connectivity index (χ1n) is 9.22. The zero-order valence-corrected chi connectivity index (χ0v) is 16.6. The Labute approximate surface area is 171 Å². The Balaban J connectivity index is 2.05. The van der Waals surface area contributed by atoms with Crippen molar-refractivity contribution in [2.24, 2.45) is 4.99 Å². The Bertz CT molecular complexity index is 1250. The van der Waals surface area contributed by atoms with E-state index in [2.05, 4.69) is 21.5 Å². The summed E-state index contributed by atoms with van der Waals surface area (Å²) in [7, 11) is 1.25. The van der Waals surface area contributed by atoms with Gasteiger partial charge in [-0.2, -0.15) is 0 Å². The number of carbonyl (C=O) groups excluding carboxylic acids is 1. The van der Waals surface area contributed by atoms with Gasteiger partial charge in [-0.05, 0) is 18.6 Å². The Morgan fingerprint density at radius 1 is 1.37 bits per heavy atom. The largest absolute Gasteiger partial charge is 0.494 e.